The van der Waals surface area contributed by atoms with E-state index in [-0.39, 0.29) is 18.9 Å². The van der Waals surface area contributed by atoms with Gasteiger partial charge in [-0.1, -0.05) is 42.0 Å². The molecule has 174 valence electrons. The molecule has 0 unspecified atom stereocenters. The van der Waals surface area contributed by atoms with Crippen LogP contribution in [0, 0.1) is 13.8 Å². The number of methoxy groups -OCH3 is 1. The van der Waals surface area contributed by atoms with E-state index in [1.165, 1.54) is 9.80 Å². The summed E-state index contributed by atoms with van der Waals surface area (Å²) in [5.41, 5.74) is 4.01. The number of aryl methyl sites for hydroxylation is 2. The van der Waals surface area contributed by atoms with Gasteiger partial charge < -0.3 is 15.0 Å². The Morgan fingerprint density at radius 3 is 2.29 bits per heavy atom. The molecule has 0 radical (unpaired) electrons. The molecule has 1 aliphatic heterocycles. The van der Waals surface area contributed by atoms with E-state index in [1.54, 1.807) is 49.6 Å². The Kier molecular flexibility index (Phi) is 6.63. The van der Waals surface area contributed by atoms with E-state index in [0.717, 1.165) is 16.7 Å². The summed E-state index contributed by atoms with van der Waals surface area (Å²) in [4.78, 5) is 42.3. The van der Waals surface area contributed by atoms with Crippen molar-refractivity contribution in [2.45, 2.75) is 32.9 Å². The third-order valence-electron chi connectivity index (χ3n) is 5.80. The Bertz CT molecular complexity index is 1210. The summed E-state index contributed by atoms with van der Waals surface area (Å²) >= 11 is 0. The van der Waals surface area contributed by atoms with Crippen LogP contribution in [0.4, 0.5) is 16.2 Å². The van der Waals surface area contributed by atoms with Crippen molar-refractivity contribution in [2.24, 2.45) is 0 Å². The number of ether oxygens (including phenoxy) is 1. The number of benzene rings is 3. The van der Waals surface area contributed by atoms with Crippen LogP contribution in [0.3, 0.4) is 0 Å². The second-order valence-electron chi connectivity index (χ2n) is 8.41. The molecule has 0 saturated carbocycles. The van der Waals surface area contributed by atoms with Crippen molar-refractivity contribution in [1.82, 2.24) is 4.90 Å². The lowest BCUT2D eigenvalue weighted by molar-refractivity contribution is -0.124. The highest BCUT2D eigenvalue weighted by atomic mass is 16.5. The predicted molar refractivity (Wildman–Crippen MR) is 131 cm³/mol. The first-order chi connectivity index (χ1) is 16.4. The third kappa shape index (κ3) is 4.93. The fraction of sp³-hybridized carbons (Fsp3) is 0.222. The largest absolute Gasteiger partial charge is 0.497 e. The van der Waals surface area contributed by atoms with Crippen molar-refractivity contribution in [1.29, 1.82) is 0 Å². The highest BCUT2D eigenvalue weighted by Crippen LogP contribution is 2.29. The molecule has 4 amide bonds. The Labute approximate surface area is 198 Å². The van der Waals surface area contributed by atoms with Crippen LogP contribution in [-0.4, -0.2) is 35.9 Å². The second-order valence-corrected chi connectivity index (χ2v) is 8.41. The molecule has 4 rings (SSSR count). The summed E-state index contributed by atoms with van der Waals surface area (Å²) in [6, 6.07) is 20.6. The maximum atomic E-state index is 13.4. The van der Waals surface area contributed by atoms with Crippen LogP contribution in [0.5, 0.6) is 5.75 Å². The zero-order chi connectivity index (χ0) is 24.2. The van der Waals surface area contributed by atoms with E-state index in [4.69, 9.17) is 4.74 Å². The molecular weight excluding hydrogens is 430 g/mol. The van der Waals surface area contributed by atoms with Crippen LogP contribution in [0.2, 0.25) is 0 Å². The molecule has 1 N–H and O–H groups in total. The number of hydrogen-bond acceptors (Lipinski definition) is 4. The smallest absolute Gasteiger partial charge is 0.332 e. The van der Waals surface area contributed by atoms with Crippen molar-refractivity contribution in [3.8, 4) is 5.75 Å². The predicted octanol–water partition coefficient (Wildman–Crippen LogP) is 4.68. The lowest BCUT2D eigenvalue weighted by Crippen LogP contribution is -2.37. The van der Waals surface area contributed by atoms with E-state index >= 15 is 0 Å². The van der Waals surface area contributed by atoms with E-state index in [1.807, 2.05) is 44.2 Å². The zero-order valence-corrected chi connectivity index (χ0v) is 19.4. The van der Waals surface area contributed by atoms with Gasteiger partial charge in [-0.2, -0.15) is 0 Å². The summed E-state index contributed by atoms with van der Waals surface area (Å²) in [7, 11) is 1.57. The van der Waals surface area contributed by atoms with E-state index in [2.05, 4.69) is 5.32 Å². The molecule has 3 aromatic rings. The molecule has 1 fully saturated rings. The highest BCUT2D eigenvalue weighted by molar-refractivity contribution is 6.22. The number of urea groups is 1. The molecule has 1 heterocycles. The van der Waals surface area contributed by atoms with Gasteiger partial charge in [0.1, 0.15) is 11.8 Å². The first-order valence-electron chi connectivity index (χ1n) is 11.1. The van der Waals surface area contributed by atoms with Gasteiger partial charge in [0, 0.05) is 12.2 Å². The van der Waals surface area contributed by atoms with Crippen LogP contribution >= 0.6 is 0 Å². The number of nitrogens with zero attached hydrogens (tertiary/aromatic N) is 2. The summed E-state index contributed by atoms with van der Waals surface area (Å²) in [6.07, 6.45) is -0.148. The van der Waals surface area contributed by atoms with Gasteiger partial charge in [0.2, 0.25) is 5.91 Å². The van der Waals surface area contributed by atoms with Gasteiger partial charge in [-0.05, 0) is 61.4 Å². The number of carbonyl (C=O) groups excluding carboxylic acids is 3. The van der Waals surface area contributed by atoms with Gasteiger partial charge in [0.05, 0.1) is 19.2 Å². The van der Waals surface area contributed by atoms with Gasteiger partial charge >= 0.3 is 6.03 Å². The summed E-state index contributed by atoms with van der Waals surface area (Å²) in [5, 5.41) is 2.81. The molecule has 3 aromatic carbocycles. The number of hydrogen-bond donors (Lipinski definition) is 1. The van der Waals surface area contributed by atoms with Crippen molar-refractivity contribution in [3.63, 3.8) is 0 Å². The standard InChI is InChI=1S/C27H27N3O4/c1-18-7-9-20(10-8-18)17-29-24(16-25(31)28-21-11-13-23(34-3)14-12-21)26(32)30(27(29)33)22-6-4-5-19(2)15-22/h4-15,24H,16-17H2,1-3H3,(H,28,31)/t24-/m0/s1. The normalized spacial score (nSPS) is 15.6. The van der Waals surface area contributed by atoms with Gasteiger partial charge in [-0.3, -0.25) is 9.59 Å². The number of amides is 4. The molecule has 1 atom stereocenters. The summed E-state index contributed by atoms with van der Waals surface area (Å²) in [5.74, 6) is -0.0865. The van der Waals surface area contributed by atoms with Crippen molar-refractivity contribution >= 4 is 29.2 Å². The van der Waals surface area contributed by atoms with Crippen LogP contribution in [0.15, 0.2) is 72.8 Å². The third-order valence-corrected chi connectivity index (χ3v) is 5.80. The SMILES string of the molecule is COc1ccc(NC(=O)C[C@H]2C(=O)N(c3cccc(C)c3)C(=O)N2Cc2ccc(C)cc2)cc1. The molecule has 7 nitrogen and oxygen atoms in total. The fourth-order valence-corrected chi connectivity index (χ4v) is 3.97. The van der Waals surface area contributed by atoms with Gasteiger partial charge in [0.25, 0.3) is 5.91 Å². The molecule has 0 aliphatic carbocycles. The Morgan fingerprint density at radius 2 is 1.65 bits per heavy atom. The quantitative estimate of drug-likeness (QED) is 0.523. The summed E-state index contributed by atoms with van der Waals surface area (Å²) in [6.45, 7) is 4.12. The van der Waals surface area contributed by atoms with Gasteiger partial charge in [0.15, 0.2) is 0 Å². The summed E-state index contributed by atoms with van der Waals surface area (Å²) < 4.78 is 5.14. The number of carbonyl (C=O) groups is 3. The van der Waals surface area contributed by atoms with E-state index < -0.39 is 18.0 Å². The van der Waals surface area contributed by atoms with Crippen LogP contribution in [-0.2, 0) is 16.1 Å². The van der Waals surface area contributed by atoms with Crippen molar-refractivity contribution < 1.29 is 19.1 Å². The minimum Gasteiger partial charge on any atom is -0.497 e. The average molecular weight is 458 g/mol. The highest BCUT2D eigenvalue weighted by Gasteiger charge is 2.46. The maximum Gasteiger partial charge on any atom is 0.332 e. The fourth-order valence-electron chi connectivity index (χ4n) is 3.97. The minimum absolute atomic E-state index is 0.148. The van der Waals surface area contributed by atoms with Crippen LogP contribution in [0.25, 0.3) is 0 Å². The molecule has 0 aromatic heterocycles. The zero-order valence-electron chi connectivity index (χ0n) is 19.4. The lowest BCUT2D eigenvalue weighted by atomic mass is 10.1. The lowest BCUT2D eigenvalue weighted by Gasteiger charge is -2.22. The molecule has 0 bridgehead atoms. The number of anilines is 2. The number of imide groups is 1. The van der Waals surface area contributed by atoms with Crippen LogP contribution in [0.1, 0.15) is 23.1 Å². The van der Waals surface area contributed by atoms with Crippen molar-refractivity contribution in [3.05, 3.63) is 89.5 Å². The maximum absolute atomic E-state index is 13.4. The van der Waals surface area contributed by atoms with Gasteiger partial charge in [-0.25, -0.2) is 9.69 Å². The monoisotopic (exact) mass is 457 g/mol. The molecule has 7 heteroatoms. The number of nitrogens with one attached hydrogen (secondary N) is 1. The molecule has 0 spiro atoms. The molecular formula is C27H27N3O4. The Hall–Kier alpha value is -4.13. The molecule has 1 saturated heterocycles. The Morgan fingerprint density at radius 1 is 0.941 bits per heavy atom. The van der Waals surface area contributed by atoms with E-state index in [9.17, 15) is 14.4 Å². The van der Waals surface area contributed by atoms with Gasteiger partial charge in [-0.15, -0.1) is 0 Å². The second kappa shape index (κ2) is 9.79. The number of rotatable bonds is 7. The topological polar surface area (TPSA) is 79.0 Å². The molecule has 1 aliphatic rings. The molecule has 34 heavy (non-hydrogen) atoms. The first-order valence-corrected chi connectivity index (χ1v) is 11.1. The van der Waals surface area contributed by atoms with Crippen LogP contribution < -0.4 is 15.0 Å². The average Bonchev–Trinajstić information content (AvgIpc) is 3.04. The van der Waals surface area contributed by atoms with Crippen molar-refractivity contribution in [2.75, 3.05) is 17.3 Å². The first kappa shape index (κ1) is 23.0. The Balaban J connectivity index is 1.59. The van der Waals surface area contributed by atoms with E-state index in [0.29, 0.717) is 17.1 Å². The minimum atomic E-state index is -0.910.